The van der Waals surface area contributed by atoms with Crippen molar-refractivity contribution in [3.05, 3.63) is 62.6 Å². The van der Waals surface area contributed by atoms with E-state index in [1.54, 1.807) is 0 Å². The van der Waals surface area contributed by atoms with Crippen LogP contribution in [0.2, 0.25) is 0 Å². The van der Waals surface area contributed by atoms with E-state index in [1.807, 2.05) is 10.6 Å². The van der Waals surface area contributed by atoms with Crippen molar-refractivity contribution in [1.82, 2.24) is 4.57 Å². The molecule has 2 aromatic rings. The summed E-state index contributed by atoms with van der Waals surface area (Å²) >= 11 is 0. The minimum absolute atomic E-state index is 0.0476. The summed E-state index contributed by atoms with van der Waals surface area (Å²) < 4.78 is 1.91. The average Bonchev–Trinajstić information content (AvgIpc) is 2.75. The van der Waals surface area contributed by atoms with Crippen LogP contribution >= 0.6 is 0 Å². The van der Waals surface area contributed by atoms with E-state index < -0.39 is 0 Å². The molecule has 0 radical (unpaired) electrons. The third-order valence-electron chi connectivity index (χ3n) is 4.80. The van der Waals surface area contributed by atoms with E-state index in [2.05, 4.69) is 32.0 Å². The molecule has 1 heterocycles. The molecular weight excluding hydrogens is 272 g/mol. The molecule has 0 amide bonds. The second kappa shape index (κ2) is 6.09. The summed E-state index contributed by atoms with van der Waals surface area (Å²) in [6, 6.07) is 8.30. The van der Waals surface area contributed by atoms with Crippen LogP contribution in [0.3, 0.4) is 0 Å². The molecule has 1 aromatic heterocycles. The third-order valence-corrected chi connectivity index (χ3v) is 4.80. The van der Waals surface area contributed by atoms with Crippen molar-refractivity contribution in [2.45, 2.75) is 52.5 Å². The molecule has 0 unspecified atom stereocenters. The highest BCUT2D eigenvalue weighted by molar-refractivity contribution is 5.43. The summed E-state index contributed by atoms with van der Waals surface area (Å²) in [5, 5.41) is 0. The number of pyridine rings is 1. The predicted molar refractivity (Wildman–Crippen MR) is 90.7 cm³/mol. The summed E-state index contributed by atoms with van der Waals surface area (Å²) in [6.07, 6.45) is 5.60. The largest absolute Gasteiger partial charge is 0.326 e. The first kappa shape index (κ1) is 15.0. The van der Waals surface area contributed by atoms with Crippen LogP contribution in [0.15, 0.2) is 29.1 Å². The molecule has 2 N–H and O–H groups in total. The van der Waals surface area contributed by atoms with E-state index in [-0.39, 0.29) is 5.56 Å². The molecule has 116 valence electrons. The molecular formula is C19H24N2O. The molecule has 1 aliphatic carbocycles. The van der Waals surface area contributed by atoms with Gasteiger partial charge in [0.1, 0.15) is 0 Å². The highest BCUT2D eigenvalue weighted by Gasteiger charge is 2.17. The number of aromatic nitrogens is 1. The van der Waals surface area contributed by atoms with Crippen molar-refractivity contribution in [3.8, 4) is 5.69 Å². The Morgan fingerprint density at radius 3 is 2.55 bits per heavy atom. The van der Waals surface area contributed by atoms with Gasteiger partial charge in [-0.3, -0.25) is 9.36 Å². The molecule has 0 saturated heterocycles. The van der Waals surface area contributed by atoms with Crippen molar-refractivity contribution in [2.24, 2.45) is 5.73 Å². The number of fused-ring (bicyclic) bond motifs is 1. The highest BCUT2D eigenvalue weighted by atomic mass is 16.1. The quantitative estimate of drug-likeness (QED) is 0.865. The second-order valence-electron chi connectivity index (χ2n) is 6.32. The Bertz CT molecular complexity index is 759. The predicted octanol–water partition coefficient (Wildman–Crippen LogP) is 3.18. The average molecular weight is 296 g/mol. The zero-order valence-corrected chi connectivity index (χ0v) is 13.5. The van der Waals surface area contributed by atoms with Crippen LogP contribution in [0, 0.1) is 13.8 Å². The van der Waals surface area contributed by atoms with Gasteiger partial charge in [-0.15, -0.1) is 0 Å². The molecule has 22 heavy (non-hydrogen) atoms. The number of nitrogens with zero attached hydrogens (tertiary/aromatic N) is 1. The molecule has 0 atom stereocenters. The van der Waals surface area contributed by atoms with Gasteiger partial charge < -0.3 is 5.73 Å². The van der Waals surface area contributed by atoms with Crippen molar-refractivity contribution < 1.29 is 0 Å². The first-order valence-electron chi connectivity index (χ1n) is 8.16. The number of benzene rings is 1. The van der Waals surface area contributed by atoms with Crippen LogP contribution < -0.4 is 11.3 Å². The number of aryl methyl sites for hydroxylation is 3. The molecule has 1 aromatic carbocycles. The number of hydrogen-bond acceptors (Lipinski definition) is 2. The Hall–Kier alpha value is -1.87. The third kappa shape index (κ3) is 2.61. The van der Waals surface area contributed by atoms with Crippen LogP contribution in [0.1, 0.15) is 47.2 Å². The molecule has 3 heteroatoms. The van der Waals surface area contributed by atoms with Crippen LogP contribution in [-0.4, -0.2) is 4.57 Å². The Kier molecular flexibility index (Phi) is 4.16. The lowest BCUT2D eigenvalue weighted by atomic mass is 10.0. The molecule has 0 bridgehead atoms. The molecule has 3 rings (SSSR count). The zero-order valence-electron chi connectivity index (χ0n) is 13.5. The maximum Gasteiger partial charge on any atom is 0.259 e. The van der Waals surface area contributed by atoms with Gasteiger partial charge in [-0.25, -0.2) is 0 Å². The summed E-state index contributed by atoms with van der Waals surface area (Å²) in [7, 11) is 0. The maximum atomic E-state index is 12.9. The molecule has 3 nitrogen and oxygen atoms in total. The van der Waals surface area contributed by atoms with Crippen molar-refractivity contribution in [2.75, 3.05) is 0 Å². The van der Waals surface area contributed by atoms with E-state index in [0.717, 1.165) is 30.5 Å². The van der Waals surface area contributed by atoms with Crippen molar-refractivity contribution >= 4 is 0 Å². The van der Waals surface area contributed by atoms with E-state index in [4.69, 9.17) is 5.73 Å². The van der Waals surface area contributed by atoms with E-state index in [1.165, 1.54) is 35.2 Å². The lowest BCUT2D eigenvalue weighted by Gasteiger charge is -2.18. The molecule has 0 spiro atoms. The summed E-state index contributed by atoms with van der Waals surface area (Å²) in [6.45, 7) is 4.49. The van der Waals surface area contributed by atoms with Crippen LogP contribution in [0.5, 0.6) is 0 Å². The van der Waals surface area contributed by atoms with Crippen LogP contribution in [-0.2, 0) is 19.4 Å². The fourth-order valence-corrected chi connectivity index (χ4v) is 3.32. The lowest BCUT2D eigenvalue weighted by Crippen LogP contribution is -2.28. The topological polar surface area (TPSA) is 48.0 Å². The summed E-state index contributed by atoms with van der Waals surface area (Å²) in [4.78, 5) is 12.9. The van der Waals surface area contributed by atoms with Gasteiger partial charge in [-0.2, -0.15) is 0 Å². The van der Waals surface area contributed by atoms with Gasteiger partial charge in [0.25, 0.3) is 5.56 Å². The van der Waals surface area contributed by atoms with Gasteiger partial charge >= 0.3 is 0 Å². The maximum absolute atomic E-state index is 12.9. The number of rotatable bonds is 2. The Labute approximate surface area is 131 Å². The standard InChI is InChI=1S/C19H24N2O/c1-13-8-9-17(10-14(13)2)21-18-7-5-3-4-6-15(18)11-16(12-20)19(21)22/h8-11H,3-7,12,20H2,1-2H3. The molecule has 0 aliphatic heterocycles. The van der Waals surface area contributed by atoms with Crippen molar-refractivity contribution in [1.29, 1.82) is 0 Å². The first-order chi connectivity index (χ1) is 10.6. The zero-order chi connectivity index (χ0) is 15.7. The van der Waals surface area contributed by atoms with Crippen LogP contribution in [0.4, 0.5) is 0 Å². The normalized spacial score (nSPS) is 14.5. The Morgan fingerprint density at radius 1 is 1.05 bits per heavy atom. The van der Waals surface area contributed by atoms with Gasteiger partial charge in [0.2, 0.25) is 0 Å². The van der Waals surface area contributed by atoms with Crippen LogP contribution in [0.25, 0.3) is 5.69 Å². The van der Waals surface area contributed by atoms with Gasteiger partial charge in [0, 0.05) is 23.5 Å². The van der Waals surface area contributed by atoms with Gasteiger partial charge in [0.15, 0.2) is 0 Å². The van der Waals surface area contributed by atoms with E-state index in [0.29, 0.717) is 6.54 Å². The van der Waals surface area contributed by atoms with Crippen molar-refractivity contribution in [3.63, 3.8) is 0 Å². The summed E-state index contributed by atoms with van der Waals surface area (Å²) in [5.41, 5.74) is 12.5. The van der Waals surface area contributed by atoms with Gasteiger partial charge in [0.05, 0.1) is 0 Å². The van der Waals surface area contributed by atoms with E-state index in [9.17, 15) is 4.79 Å². The molecule has 1 aliphatic rings. The second-order valence-corrected chi connectivity index (χ2v) is 6.32. The fourth-order valence-electron chi connectivity index (χ4n) is 3.32. The number of hydrogen-bond donors (Lipinski definition) is 1. The fraction of sp³-hybridized carbons (Fsp3) is 0.421. The SMILES string of the molecule is Cc1ccc(-n2c3c(cc(CN)c2=O)CCCCC3)cc1C. The minimum atomic E-state index is 0.0476. The summed E-state index contributed by atoms with van der Waals surface area (Å²) in [5.74, 6) is 0. The molecule has 0 saturated carbocycles. The van der Waals surface area contributed by atoms with E-state index >= 15 is 0 Å². The Balaban J connectivity index is 2.28. The van der Waals surface area contributed by atoms with Gasteiger partial charge in [-0.1, -0.05) is 12.5 Å². The molecule has 0 fully saturated rings. The lowest BCUT2D eigenvalue weighted by molar-refractivity contribution is 0.702. The monoisotopic (exact) mass is 296 g/mol. The smallest absolute Gasteiger partial charge is 0.259 e. The van der Waals surface area contributed by atoms with Gasteiger partial charge in [-0.05, 0) is 74.4 Å². The highest BCUT2D eigenvalue weighted by Crippen LogP contribution is 2.23. The first-order valence-corrected chi connectivity index (χ1v) is 8.16. The number of nitrogens with two attached hydrogens (primary N) is 1. The Morgan fingerprint density at radius 2 is 1.82 bits per heavy atom. The minimum Gasteiger partial charge on any atom is -0.326 e.